The third-order valence-corrected chi connectivity index (χ3v) is 5.68. The molecule has 0 spiro atoms. The number of aromatic hydroxyl groups is 1. The number of ether oxygens (including phenoxy) is 3. The second-order valence-electron chi connectivity index (χ2n) is 8.99. The molecule has 186 valence electrons. The molecule has 0 saturated heterocycles. The number of rotatable bonds is 9. The first kappa shape index (κ1) is 25.9. The molecule has 3 rings (SSSR count). The van der Waals surface area contributed by atoms with Gasteiger partial charge in [0, 0.05) is 24.1 Å². The van der Waals surface area contributed by atoms with Gasteiger partial charge in [0.2, 0.25) is 5.43 Å². The van der Waals surface area contributed by atoms with Crippen molar-refractivity contribution < 1.29 is 28.5 Å². The number of ketones is 1. The van der Waals surface area contributed by atoms with Crippen LogP contribution in [0.1, 0.15) is 50.0 Å². The Labute approximate surface area is 204 Å². The Morgan fingerprint density at radius 3 is 2.31 bits per heavy atom. The second kappa shape index (κ2) is 10.7. The lowest BCUT2D eigenvalue weighted by Gasteiger charge is -2.16. The SMILES string of the molecule is COc1ccc(-c2oc3cc(OC)c(C(=O)CC(C)C)c(O)c3c(=O)c2CC=C(C)C)c(OC)c1. The smallest absolute Gasteiger partial charge is 0.200 e. The van der Waals surface area contributed by atoms with Gasteiger partial charge in [0.05, 0.1) is 26.9 Å². The lowest BCUT2D eigenvalue weighted by atomic mass is 9.95. The van der Waals surface area contributed by atoms with Crippen molar-refractivity contribution in [1.29, 1.82) is 0 Å². The van der Waals surface area contributed by atoms with Crippen LogP contribution in [0.5, 0.6) is 23.0 Å². The molecule has 1 N–H and O–H groups in total. The van der Waals surface area contributed by atoms with Gasteiger partial charge >= 0.3 is 0 Å². The van der Waals surface area contributed by atoms with E-state index in [0.717, 1.165) is 5.57 Å². The topological polar surface area (TPSA) is 95.2 Å². The van der Waals surface area contributed by atoms with E-state index < -0.39 is 11.2 Å². The minimum atomic E-state index is -0.426. The summed E-state index contributed by atoms with van der Waals surface area (Å²) < 4.78 is 22.5. The van der Waals surface area contributed by atoms with Crippen LogP contribution in [-0.4, -0.2) is 32.2 Å². The van der Waals surface area contributed by atoms with Crippen LogP contribution in [0.2, 0.25) is 0 Å². The van der Waals surface area contributed by atoms with E-state index >= 15 is 0 Å². The second-order valence-corrected chi connectivity index (χ2v) is 8.99. The number of fused-ring (bicyclic) bond motifs is 1. The number of hydrogen-bond donors (Lipinski definition) is 1. The normalized spacial score (nSPS) is 11.0. The van der Waals surface area contributed by atoms with Gasteiger partial charge in [-0.15, -0.1) is 0 Å². The van der Waals surface area contributed by atoms with Crippen LogP contribution in [0, 0.1) is 5.92 Å². The van der Waals surface area contributed by atoms with Crippen molar-refractivity contribution in [2.45, 2.75) is 40.5 Å². The molecule has 1 aromatic heterocycles. The zero-order valence-corrected chi connectivity index (χ0v) is 21.3. The lowest BCUT2D eigenvalue weighted by Crippen LogP contribution is -2.14. The van der Waals surface area contributed by atoms with E-state index in [0.29, 0.717) is 28.4 Å². The van der Waals surface area contributed by atoms with E-state index in [2.05, 4.69) is 0 Å². The largest absolute Gasteiger partial charge is 0.506 e. The summed E-state index contributed by atoms with van der Waals surface area (Å²) in [5.41, 5.74) is 1.59. The van der Waals surface area contributed by atoms with Gasteiger partial charge in [-0.05, 0) is 38.3 Å². The van der Waals surface area contributed by atoms with Crippen LogP contribution in [0.25, 0.3) is 22.3 Å². The number of hydrogen-bond acceptors (Lipinski definition) is 7. The highest BCUT2D eigenvalue weighted by Gasteiger charge is 2.27. The fourth-order valence-corrected chi connectivity index (χ4v) is 3.95. The van der Waals surface area contributed by atoms with Crippen molar-refractivity contribution in [3.05, 3.63) is 57.3 Å². The molecular weight excluding hydrogens is 448 g/mol. The molecule has 2 aromatic carbocycles. The van der Waals surface area contributed by atoms with Gasteiger partial charge in [0.1, 0.15) is 45.3 Å². The van der Waals surface area contributed by atoms with Gasteiger partial charge in [0.25, 0.3) is 0 Å². The summed E-state index contributed by atoms with van der Waals surface area (Å²) in [6.45, 7) is 7.67. The molecule has 0 saturated carbocycles. The number of methoxy groups -OCH3 is 3. The van der Waals surface area contributed by atoms with E-state index in [1.54, 1.807) is 25.3 Å². The van der Waals surface area contributed by atoms with Crippen LogP contribution in [-0.2, 0) is 6.42 Å². The van der Waals surface area contributed by atoms with Crippen molar-refractivity contribution in [3.63, 3.8) is 0 Å². The maximum Gasteiger partial charge on any atom is 0.200 e. The quantitative estimate of drug-likeness (QED) is 0.300. The predicted molar refractivity (Wildman–Crippen MR) is 136 cm³/mol. The molecule has 0 atom stereocenters. The Kier molecular flexibility index (Phi) is 7.89. The molecule has 0 bridgehead atoms. The maximum absolute atomic E-state index is 13.8. The molecule has 35 heavy (non-hydrogen) atoms. The van der Waals surface area contributed by atoms with Crippen LogP contribution in [0.15, 0.2) is 45.1 Å². The van der Waals surface area contributed by atoms with E-state index in [4.69, 9.17) is 18.6 Å². The monoisotopic (exact) mass is 480 g/mol. The molecule has 0 fully saturated rings. The molecule has 1 heterocycles. The number of allylic oxidation sites excluding steroid dienone is 2. The van der Waals surface area contributed by atoms with Gasteiger partial charge in [-0.3, -0.25) is 9.59 Å². The molecule has 0 radical (unpaired) electrons. The van der Waals surface area contributed by atoms with Gasteiger partial charge in [0.15, 0.2) is 5.78 Å². The molecule has 0 aliphatic heterocycles. The van der Waals surface area contributed by atoms with Crippen molar-refractivity contribution in [2.75, 3.05) is 21.3 Å². The third kappa shape index (κ3) is 5.19. The number of carbonyl (C=O) groups excluding carboxylic acids is 1. The zero-order valence-electron chi connectivity index (χ0n) is 21.3. The molecule has 0 unspecified atom stereocenters. The van der Waals surface area contributed by atoms with E-state index in [-0.39, 0.29) is 46.8 Å². The summed E-state index contributed by atoms with van der Waals surface area (Å²) in [6.07, 6.45) is 2.38. The van der Waals surface area contributed by atoms with Gasteiger partial charge in [-0.2, -0.15) is 0 Å². The Balaban J connectivity index is 2.42. The molecule has 7 nitrogen and oxygen atoms in total. The number of carbonyl (C=O) groups is 1. The lowest BCUT2D eigenvalue weighted by molar-refractivity contribution is 0.0962. The van der Waals surface area contributed by atoms with Crippen LogP contribution in [0.3, 0.4) is 0 Å². The number of phenolic OH excluding ortho intramolecular Hbond substituents is 1. The van der Waals surface area contributed by atoms with Crippen molar-refractivity contribution >= 4 is 16.8 Å². The summed E-state index contributed by atoms with van der Waals surface area (Å²) in [4.78, 5) is 26.7. The van der Waals surface area contributed by atoms with Gasteiger partial charge < -0.3 is 23.7 Å². The molecule has 0 aliphatic rings. The summed E-state index contributed by atoms with van der Waals surface area (Å²) >= 11 is 0. The highest BCUT2D eigenvalue weighted by Crippen LogP contribution is 2.41. The minimum absolute atomic E-state index is 0.0102. The van der Waals surface area contributed by atoms with E-state index in [9.17, 15) is 14.7 Å². The third-order valence-electron chi connectivity index (χ3n) is 5.68. The highest BCUT2D eigenvalue weighted by molar-refractivity contribution is 6.06. The number of benzene rings is 2. The first-order valence-corrected chi connectivity index (χ1v) is 11.4. The highest BCUT2D eigenvalue weighted by atomic mass is 16.5. The Bertz CT molecular complexity index is 1340. The molecule has 7 heteroatoms. The molecular formula is C28H32O7. The summed E-state index contributed by atoms with van der Waals surface area (Å²) in [5.74, 6) is 0.845. The summed E-state index contributed by atoms with van der Waals surface area (Å²) in [5, 5.41) is 11.1. The average Bonchev–Trinajstić information content (AvgIpc) is 2.81. The molecule has 0 amide bonds. The number of phenols is 1. The first-order valence-electron chi connectivity index (χ1n) is 11.4. The Morgan fingerprint density at radius 2 is 1.74 bits per heavy atom. The molecule has 0 aliphatic carbocycles. The molecule has 3 aromatic rings. The van der Waals surface area contributed by atoms with E-state index in [1.807, 2.05) is 33.8 Å². The van der Waals surface area contributed by atoms with Crippen LogP contribution >= 0.6 is 0 Å². The Hall–Kier alpha value is -3.74. The predicted octanol–water partition coefficient (Wildman–Crippen LogP) is 5.93. The van der Waals surface area contributed by atoms with Crippen LogP contribution < -0.4 is 19.6 Å². The number of Topliss-reactive ketones (excluding diaryl/α,β-unsaturated/α-hetero) is 1. The minimum Gasteiger partial charge on any atom is -0.506 e. The Morgan fingerprint density at radius 1 is 1.06 bits per heavy atom. The van der Waals surface area contributed by atoms with Gasteiger partial charge in [-0.1, -0.05) is 25.5 Å². The zero-order chi connectivity index (χ0) is 25.9. The maximum atomic E-state index is 13.8. The summed E-state index contributed by atoms with van der Waals surface area (Å²) in [7, 11) is 4.48. The van der Waals surface area contributed by atoms with Crippen molar-refractivity contribution in [2.24, 2.45) is 5.92 Å². The van der Waals surface area contributed by atoms with Crippen LogP contribution in [0.4, 0.5) is 0 Å². The fraction of sp³-hybridized carbons (Fsp3) is 0.357. The average molecular weight is 481 g/mol. The van der Waals surface area contributed by atoms with E-state index in [1.165, 1.54) is 20.3 Å². The van der Waals surface area contributed by atoms with Gasteiger partial charge in [-0.25, -0.2) is 0 Å². The fourth-order valence-electron chi connectivity index (χ4n) is 3.95. The standard InChI is InChI=1S/C28H32O7/c1-15(2)8-10-19-26(30)25-23(14-22(34-7)24(27(25)31)20(29)12-16(3)4)35-28(19)18-11-9-17(32-5)13-21(18)33-6/h8-9,11,13-14,16,31H,10,12H2,1-7H3. The first-order chi connectivity index (χ1) is 16.6. The van der Waals surface area contributed by atoms with Crippen molar-refractivity contribution in [3.8, 4) is 34.3 Å². The van der Waals surface area contributed by atoms with Crippen molar-refractivity contribution in [1.82, 2.24) is 0 Å². The summed E-state index contributed by atoms with van der Waals surface area (Å²) in [6, 6.07) is 6.69.